The Morgan fingerprint density at radius 3 is 1.69 bits per heavy atom. The highest BCUT2D eigenvalue weighted by atomic mass is 35.5. The van der Waals surface area contributed by atoms with Crippen LogP contribution in [0.25, 0.3) is 0 Å². The van der Waals surface area contributed by atoms with Crippen LogP contribution in [-0.2, 0) is 19.1 Å². The maximum absolute atomic E-state index is 12.8. The molecule has 0 rings (SSSR count). The van der Waals surface area contributed by atoms with E-state index in [0.717, 1.165) is 45.1 Å². The molecule has 0 saturated heterocycles. The van der Waals surface area contributed by atoms with Crippen molar-refractivity contribution >= 4 is 23.5 Å². The SMILES string of the molecule is CCCCCCCCCC(CCCCCCCCC)C(=O)OCC(Cl)OC(=O)CCCCN(C)C. The highest BCUT2D eigenvalue weighted by Gasteiger charge is 2.21. The van der Waals surface area contributed by atoms with Crippen molar-refractivity contribution in [3.63, 3.8) is 0 Å². The van der Waals surface area contributed by atoms with Crippen molar-refractivity contribution in [3.05, 3.63) is 0 Å². The minimum atomic E-state index is -0.918. The molecule has 0 N–H and O–H groups in total. The fourth-order valence-corrected chi connectivity index (χ4v) is 4.44. The second kappa shape index (κ2) is 24.9. The van der Waals surface area contributed by atoms with Crippen molar-refractivity contribution < 1.29 is 19.1 Å². The third kappa shape index (κ3) is 23.3. The summed E-state index contributed by atoms with van der Waals surface area (Å²) < 4.78 is 10.7. The highest BCUT2D eigenvalue weighted by molar-refractivity contribution is 6.20. The number of carbonyl (C=O) groups is 2. The van der Waals surface area contributed by atoms with Gasteiger partial charge in [-0.1, -0.05) is 115 Å². The molecule has 5 nitrogen and oxygen atoms in total. The van der Waals surface area contributed by atoms with Crippen LogP contribution in [0.2, 0.25) is 0 Å². The van der Waals surface area contributed by atoms with Crippen LogP contribution in [0, 0.1) is 5.92 Å². The summed E-state index contributed by atoms with van der Waals surface area (Å²) in [6.45, 7) is 5.33. The Bertz CT molecular complexity index is 483. The number of nitrogens with zero attached hydrogens (tertiary/aromatic N) is 1. The molecule has 0 spiro atoms. The summed E-state index contributed by atoms with van der Waals surface area (Å²) >= 11 is 6.13. The van der Waals surface area contributed by atoms with Gasteiger partial charge in [0.15, 0.2) is 0 Å². The molecule has 0 aromatic carbocycles. The second-order valence-electron chi connectivity index (χ2n) is 10.3. The zero-order chi connectivity index (χ0) is 26.2. The molecule has 0 aliphatic heterocycles. The van der Waals surface area contributed by atoms with Gasteiger partial charge in [0.05, 0.1) is 5.92 Å². The van der Waals surface area contributed by atoms with Crippen molar-refractivity contribution in [2.45, 2.75) is 141 Å². The lowest BCUT2D eigenvalue weighted by Crippen LogP contribution is -2.24. The van der Waals surface area contributed by atoms with E-state index in [0.29, 0.717) is 6.42 Å². The molecule has 35 heavy (non-hydrogen) atoms. The lowest BCUT2D eigenvalue weighted by molar-refractivity contribution is -0.157. The number of esters is 2. The van der Waals surface area contributed by atoms with Gasteiger partial charge in [0.25, 0.3) is 0 Å². The monoisotopic (exact) mass is 517 g/mol. The summed E-state index contributed by atoms with van der Waals surface area (Å²) in [5, 5.41) is 0. The summed E-state index contributed by atoms with van der Waals surface area (Å²) in [5.74, 6) is -0.593. The minimum Gasteiger partial charge on any atom is -0.460 e. The molecule has 0 aliphatic carbocycles. The van der Waals surface area contributed by atoms with E-state index in [-0.39, 0.29) is 24.5 Å². The third-order valence-corrected chi connectivity index (χ3v) is 6.71. The standard InChI is InChI=1S/C29H56ClNO4/c1-5-7-9-11-13-15-17-21-26(22-18-16-14-12-10-8-6-2)29(33)34-25-27(30)35-28(32)23-19-20-24-31(3)4/h26-27H,5-25H2,1-4H3. The molecule has 1 atom stereocenters. The topological polar surface area (TPSA) is 55.8 Å². The van der Waals surface area contributed by atoms with E-state index in [1.807, 2.05) is 14.1 Å². The van der Waals surface area contributed by atoms with Crippen molar-refractivity contribution in [2.24, 2.45) is 5.92 Å². The molecule has 0 saturated carbocycles. The Hall–Kier alpha value is -0.810. The predicted octanol–water partition coefficient (Wildman–Crippen LogP) is 8.27. The van der Waals surface area contributed by atoms with Crippen LogP contribution in [0.3, 0.4) is 0 Å². The molecule has 208 valence electrons. The van der Waals surface area contributed by atoms with Gasteiger partial charge in [-0.2, -0.15) is 0 Å². The number of alkyl halides is 1. The molecule has 0 amide bonds. The van der Waals surface area contributed by atoms with E-state index in [4.69, 9.17) is 21.1 Å². The average Bonchev–Trinajstić information content (AvgIpc) is 2.82. The van der Waals surface area contributed by atoms with E-state index in [1.54, 1.807) is 0 Å². The predicted molar refractivity (Wildman–Crippen MR) is 148 cm³/mol. The number of ether oxygens (including phenoxy) is 2. The Morgan fingerprint density at radius 1 is 0.714 bits per heavy atom. The van der Waals surface area contributed by atoms with Gasteiger partial charge in [-0.25, -0.2) is 0 Å². The van der Waals surface area contributed by atoms with Crippen LogP contribution in [-0.4, -0.2) is 49.6 Å². The molecule has 1 unspecified atom stereocenters. The maximum Gasteiger partial charge on any atom is 0.309 e. The fourth-order valence-electron chi connectivity index (χ4n) is 4.27. The first-order valence-corrected chi connectivity index (χ1v) is 15.0. The lowest BCUT2D eigenvalue weighted by Gasteiger charge is -2.18. The molecule has 0 bridgehead atoms. The Balaban J connectivity index is 4.31. The summed E-state index contributed by atoms with van der Waals surface area (Å²) in [6, 6.07) is 0. The number of halogens is 1. The maximum atomic E-state index is 12.8. The second-order valence-corrected chi connectivity index (χ2v) is 10.8. The van der Waals surface area contributed by atoms with Crippen molar-refractivity contribution in [2.75, 3.05) is 27.2 Å². The molecular formula is C29H56ClNO4. The van der Waals surface area contributed by atoms with Gasteiger partial charge < -0.3 is 14.4 Å². The van der Waals surface area contributed by atoms with Gasteiger partial charge in [-0.15, -0.1) is 0 Å². The van der Waals surface area contributed by atoms with Crippen LogP contribution in [0.15, 0.2) is 0 Å². The van der Waals surface area contributed by atoms with E-state index in [9.17, 15) is 9.59 Å². The smallest absolute Gasteiger partial charge is 0.309 e. The molecule has 0 aliphatic rings. The average molecular weight is 518 g/mol. The van der Waals surface area contributed by atoms with Crippen LogP contribution in [0.4, 0.5) is 0 Å². The summed E-state index contributed by atoms with van der Waals surface area (Å²) in [4.78, 5) is 26.8. The van der Waals surface area contributed by atoms with E-state index < -0.39 is 5.56 Å². The number of carbonyl (C=O) groups excluding carboxylic acids is 2. The van der Waals surface area contributed by atoms with Crippen molar-refractivity contribution in [1.82, 2.24) is 4.90 Å². The molecule has 6 heteroatoms. The molecular weight excluding hydrogens is 462 g/mol. The van der Waals surface area contributed by atoms with Gasteiger partial charge in [0.1, 0.15) is 6.61 Å². The molecule has 0 aromatic rings. The van der Waals surface area contributed by atoms with Gasteiger partial charge in [-0.05, 0) is 46.3 Å². The summed E-state index contributed by atoms with van der Waals surface area (Å²) in [6.07, 6.45) is 21.1. The molecule has 0 heterocycles. The highest BCUT2D eigenvalue weighted by Crippen LogP contribution is 2.21. The Morgan fingerprint density at radius 2 is 1.20 bits per heavy atom. The quantitative estimate of drug-likeness (QED) is 0.0692. The van der Waals surface area contributed by atoms with E-state index in [2.05, 4.69) is 18.7 Å². The number of unbranched alkanes of at least 4 members (excludes halogenated alkanes) is 13. The third-order valence-electron chi connectivity index (χ3n) is 6.50. The van der Waals surface area contributed by atoms with Crippen LogP contribution < -0.4 is 0 Å². The van der Waals surface area contributed by atoms with Gasteiger partial charge >= 0.3 is 11.9 Å². The van der Waals surface area contributed by atoms with Crippen molar-refractivity contribution in [3.8, 4) is 0 Å². The van der Waals surface area contributed by atoms with E-state index in [1.165, 1.54) is 77.0 Å². The first-order valence-electron chi connectivity index (χ1n) is 14.6. The molecule has 0 radical (unpaired) electrons. The molecule has 0 aromatic heterocycles. The lowest BCUT2D eigenvalue weighted by atomic mass is 9.94. The van der Waals surface area contributed by atoms with Crippen LogP contribution >= 0.6 is 11.6 Å². The number of rotatable bonds is 25. The zero-order valence-electron chi connectivity index (χ0n) is 23.5. The minimum absolute atomic E-state index is 0.0750. The Labute approximate surface area is 222 Å². The van der Waals surface area contributed by atoms with E-state index >= 15 is 0 Å². The summed E-state index contributed by atoms with van der Waals surface area (Å²) in [5.41, 5.74) is -0.918. The van der Waals surface area contributed by atoms with Crippen LogP contribution in [0.1, 0.15) is 136 Å². The largest absolute Gasteiger partial charge is 0.460 e. The normalized spacial score (nSPS) is 12.3. The van der Waals surface area contributed by atoms with Gasteiger partial charge in [0, 0.05) is 6.42 Å². The first-order chi connectivity index (χ1) is 16.9. The first kappa shape index (κ1) is 34.2. The fraction of sp³-hybridized carbons (Fsp3) is 0.931. The van der Waals surface area contributed by atoms with Gasteiger partial charge in [-0.3, -0.25) is 9.59 Å². The van der Waals surface area contributed by atoms with Crippen molar-refractivity contribution in [1.29, 1.82) is 0 Å². The van der Waals surface area contributed by atoms with Crippen LogP contribution in [0.5, 0.6) is 0 Å². The Kier molecular flexibility index (Phi) is 24.3. The summed E-state index contributed by atoms with van der Waals surface area (Å²) in [7, 11) is 4.02. The molecule has 0 fully saturated rings. The number of hydrogen-bond acceptors (Lipinski definition) is 5. The van der Waals surface area contributed by atoms with Gasteiger partial charge in [0.2, 0.25) is 5.56 Å². The number of hydrogen-bond donors (Lipinski definition) is 0. The zero-order valence-corrected chi connectivity index (χ0v) is 24.2.